The Morgan fingerprint density at radius 1 is 1.38 bits per heavy atom. The van der Waals surface area contributed by atoms with Gasteiger partial charge in [0, 0.05) is 5.56 Å². The van der Waals surface area contributed by atoms with Crippen molar-refractivity contribution in [1.82, 2.24) is 15.2 Å². The second kappa shape index (κ2) is 4.45. The van der Waals surface area contributed by atoms with E-state index in [0.29, 0.717) is 11.6 Å². The van der Waals surface area contributed by atoms with Gasteiger partial charge in [0.15, 0.2) is 5.82 Å². The third-order valence-corrected chi connectivity index (χ3v) is 2.13. The van der Waals surface area contributed by atoms with Crippen molar-refractivity contribution in [3.63, 3.8) is 0 Å². The van der Waals surface area contributed by atoms with E-state index in [-0.39, 0.29) is 6.42 Å². The normalized spacial score (nSPS) is 9.75. The largest absolute Gasteiger partial charge is 0.497 e. The van der Waals surface area contributed by atoms with E-state index >= 15 is 0 Å². The number of methoxy groups -OCH3 is 1. The van der Waals surface area contributed by atoms with Gasteiger partial charge in [-0.1, -0.05) is 0 Å². The molecule has 5 heteroatoms. The fourth-order valence-corrected chi connectivity index (χ4v) is 1.32. The number of benzene rings is 1. The average Bonchev–Trinajstić information content (AvgIpc) is 2.78. The Balaban J connectivity index is 2.25. The average molecular weight is 214 g/mol. The molecule has 0 aliphatic heterocycles. The molecule has 0 radical (unpaired) electrons. The molecule has 0 unspecified atom stereocenters. The summed E-state index contributed by atoms with van der Waals surface area (Å²) in [6.07, 6.45) is 0.239. The Morgan fingerprint density at radius 3 is 2.75 bits per heavy atom. The molecule has 5 nitrogen and oxygen atoms in total. The van der Waals surface area contributed by atoms with Gasteiger partial charge < -0.3 is 4.74 Å². The lowest BCUT2D eigenvalue weighted by Gasteiger charge is -1.99. The highest BCUT2D eigenvalue weighted by molar-refractivity contribution is 5.55. The Morgan fingerprint density at radius 2 is 2.12 bits per heavy atom. The van der Waals surface area contributed by atoms with Crippen LogP contribution < -0.4 is 4.74 Å². The molecule has 0 fully saturated rings. The van der Waals surface area contributed by atoms with Crippen molar-refractivity contribution in [2.75, 3.05) is 7.11 Å². The molecule has 0 aliphatic rings. The number of nitrogens with zero attached hydrogens (tertiary/aromatic N) is 3. The number of rotatable bonds is 3. The number of hydrogen-bond donors (Lipinski definition) is 1. The number of nitriles is 1. The fraction of sp³-hybridized carbons (Fsp3) is 0.182. The highest BCUT2D eigenvalue weighted by Crippen LogP contribution is 2.18. The van der Waals surface area contributed by atoms with Gasteiger partial charge in [-0.3, -0.25) is 5.10 Å². The van der Waals surface area contributed by atoms with Crippen molar-refractivity contribution in [1.29, 1.82) is 5.26 Å². The maximum absolute atomic E-state index is 8.51. The van der Waals surface area contributed by atoms with Crippen LogP contribution in [0.4, 0.5) is 0 Å². The van der Waals surface area contributed by atoms with Gasteiger partial charge in [0.2, 0.25) is 0 Å². The first-order chi connectivity index (χ1) is 7.83. The Hall–Kier alpha value is -2.35. The third-order valence-electron chi connectivity index (χ3n) is 2.13. The van der Waals surface area contributed by atoms with E-state index in [1.807, 2.05) is 30.3 Å². The van der Waals surface area contributed by atoms with Gasteiger partial charge in [0.1, 0.15) is 11.6 Å². The van der Waals surface area contributed by atoms with Crippen molar-refractivity contribution in [2.45, 2.75) is 6.42 Å². The summed E-state index contributed by atoms with van der Waals surface area (Å²) < 4.78 is 5.06. The second-order valence-corrected chi connectivity index (χ2v) is 3.17. The lowest BCUT2D eigenvalue weighted by Crippen LogP contribution is -1.85. The number of hydrogen-bond acceptors (Lipinski definition) is 4. The van der Waals surface area contributed by atoms with Crippen molar-refractivity contribution in [3.8, 4) is 23.2 Å². The highest BCUT2D eigenvalue weighted by Gasteiger charge is 2.05. The first-order valence-corrected chi connectivity index (χ1v) is 4.76. The summed E-state index contributed by atoms with van der Waals surface area (Å²) in [5.74, 6) is 1.96. The molecule has 0 aliphatic carbocycles. The van der Waals surface area contributed by atoms with Crippen LogP contribution in [0.15, 0.2) is 24.3 Å². The van der Waals surface area contributed by atoms with Crippen LogP contribution in [0.3, 0.4) is 0 Å². The van der Waals surface area contributed by atoms with E-state index in [2.05, 4.69) is 15.2 Å². The first kappa shape index (κ1) is 10.2. The van der Waals surface area contributed by atoms with E-state index in [1.165, 1.54) is 0 Å². The standard InChI is InChI=1S/C11H10N4O/c1-16-9-4-2-8(3-5-9)11-13-10(6-7-12)14-15-11/h2-5H,6H2,1H3,(H,13,14,15). The molecule has 16 heavy (non-hydrogen) atoms. The molecule has 0 spiro atoms. The Kier molecular flexibility index (Phi) is 2.83. The molecule has 1 aromatic heterocycles. The van der Waals surface area contributed by atoms with Gasteiger partial charge in [-0.05, 0) is 24.3 Å². The summed E-state index contributed by atoms with van der Waals surface area (Å²) in [5, 5.41) is 15.3. The molecular formula is C11H10N4O. The number of ether oxygens (including phenoxy) is 1. The zero-order valence-corrected chi connectivity index (χ0v) is 8.77. The molecule has 80 valence electrons. The van der Waals surface area contributed by atoms with E-state index in [9.17, 15) is 0 Å². The molecule has 0 amide bonds. The monoisotopic (exact) mass is 214 g/mol. The van der Waals surface area contributed by atoms with Gasteiger partial charge >= 0.3 is 0 Å². The second-order valence-electron chi connectivity index (χ2n) is 3.17. The van der Waals surface area contributed by atoms with Crippen LogP contribution in [-0.2, 0) is 6.42 Å². The molecule has 0 saturated heterocycles. The number of nitrogens with one attached hydrogen (secondary N) is 1. The predicted molar refractivity (Wildman–Crippen MR) is 57.7 cm³/mol. The molecule has 0 atom stereocenters. The summed E-state index contributed by atoms with van der Waals surface area (Å²) in [6, 6.07) is 9.45. The quantitative estimate of drug-likeness (QED) is 0.841. The maximum atomic E-state index is 8.51. The molecule has 1 aromatic carbocycles. The third kappa shape index (κ3) is 2.01. The van der Waals surface area contributed by atoms with E-state index in [0.717, 1.165) is 11.3 Å². The van der Waals surface area contributed by atoms with Gasteiger partial charge in [0.05, 0.1) is 19.6 Å². The molecule has 0 saturated carbocycles. The van der Waals surface area contributed by atoms with Crippen LogP contribution in [0.2, 0.25) is 0 Å². The summed E-state index contributed by atoms with van der Waals surface area (Å²) in [7, 11) is 1.62. The summed E-state index contributed by atoms with van der Waals surface area (Å²) in [4.78, 5) is 4.20. The molecule has 0 bridgehead atoms. The molecule has 2 rings (SSSR count). The van der Waals surface area contributed by atoms with Crippen LogP contribution in [0.25, 0.3) is 11.4 Å². The van der Waals surface area contributed by atoms with Crippen molar-refractivity contribution in [2.24, 2.45) is 0 Å². The molecule has 2 aromatic rings. The number of aromatic nitrogens is 3. The van der Waals surface area contributed by atoms with Crippen LogP contribution in [0, 0.1) is 11.3 Å². The van der Waals surface area contributed by atoms with E-state index in [1.54, 1.807) is 7.11 Å². The van der Waals surface area contributed by atoms with Gasteiger partial charge in [-0.25, -0.2) is 4.98 Å². The summed E-state index contributed by atoms with van der Waals surface area (Å²) in [5.41, 5.74) is 0.890. The maximum Gasteiger partial charge on any atom is 0.181 e. The molecule has 1 N–H and O–H groups in total. The molecule has 1 heterocycles. The van der Waals surface area contributed by atoms with Gasteiger partial charge in [0.25, 0.3) is 0 Å². The Labute approximate surface area is 92.7 Å². The van der Waals surface area contributed by atoms with Gasteiger partial charge in [-0.15, -0.1) is 0 Å². The summed E-state index contributed by atoms with van der Waals surface area (Å²) >= 11 is 0. The van der Waals surface area contributed by atoms with Gasteiger partial charge in [-0.2, -0.15) is 10.4 Å². The topological polar surface area (TPSA) is 74.6 Å². The minimum atomic E-state index is 0.239. The van der Waals surface area contributed by atoms with Crippen molar-refractivity contribution < 1.29 is 4.74 Å². The SMILES string of the molecule is COc1ccc(-c2n[nH]c(CC#N)n2)cc1. The number of H-pyrrole nitrogens is 1. The zero-order chi connectivity index (χ0) is 11.4. The van der Waals surface area contributed by atoms with Crippen LogP contribution >= 0.6 is 0 Å². The fourth-order valence-electron chi connectivity index (χ4n) is 1.32. The predicted octanol–water partition coefficient (Wildman–Crippen LogP) is 1.55. The van der Waals surface area contributed by atoms with E-state index < -0.39 is 0 Å². The molecular weight excluding hydrogens is 204 g/mol. The van der Waals surface area contributed by atoms with Crippen LogP contribution in [0.1, 0.15) is 5.82 Å². The van der Waals surface area contributed by atoms with Crippen molar-refractivity contribution >= 4 is 0 Å². The van der Waals surface area contributed by atoms with Crippen LogP contribution in [-0.4, -0.2) is 22.3 Å². The summed E-state index contributed by atoms with van der Waals surface area (Å²) in [6.45, 7) is 0. The van der Waals surface area contributed by atoms with Crippen molar-refractivity contribution in [3.05, 3.63) is 30.1 Å². The van der Waals surface area contributed by atoms with Crippen LogP contribution in [0.5, 0.6) is 5.75 Å². The lowest BCUT2D eigenvalue weighted by atomic mass is 10.2. The minimum Gasteiger partial charge on any atom is -0.497 e. The first-order valence-electron chi connectivity index (χ1n) is 4.76. The zero-order valence-electron chi connectivity index (χ0n) is 8.77. The smallest absolute Gasteiger partial charge is 0.181 e. The minimum absolute atomic E-state index is 0.239. The lowest BCUT2D eigenvalue weighted by molar-refractivity contribution is 0.415. The van der Waals surface area contributed by atoms with E-state index in [4.69, 9.17) is 10.00 Å². The Bertz CT molecular complexity index is 510. The number of aromatic amines is 1. The highest BCUT2D eigenvalue weighted by atomic mass is 16.5.